The lowest BCUT2D eigenvalue weighted by Crippen LogP contribution is -2.13. The number of fused-ring (bicyclic) bond motifs is 2. The van der Waals surface area contributed by atoms with Gasteiger partial charge in [-0.15, -0.1) is 0 Å². The summed E-state index contributed by atoms with van der Waals surface area (Å²) in [5.41, 5.74) is 1.17. The number of carbonyl (C=O) groups is 2. The highest BCUT2D eigenvalue weighted by atomic mass is 35.5. The van der Waals surface area contributed by atoms with E-state index in [9.17, 15) is 9.59 Å². The molecule has 0 fully saturated rings. The zero-order valence-electron chi connectivity index (χ0n) is 12.6. The molecule has 124 valence electrons. The maximum absolute atomic E-state index is 12.5. The number of anilines is 2. The first-order valence-electron chi connectivity index (χ1n) is 7.25. The Morgan fingerprint density at radius 2 is 1.96 bits per heavy atom. The lowest BCUT2D eigenvalue weighted by molar-refractivity contribution is 0.0985. The zero-order chi connectivity index (χ0) is 17.4. The highest BCUT2D eigenvalue weighted by Gasteiger charge is 2.22. The quantitative estimate of drug-likeness (QED) is 0.726. The van der Waals surface area contributed by atoms with Crippen molar-refractivity contribution in [2.45, 2.75) is 0 Å². The van der Waals surface area contributed by atoms with E-state index in [-0.39, 0.29) is 17.2 Å². The summed E-state index contributed by atoms with van der Waals surface area (Å²) >= 11 is 5.95. The molecule has 0 bridgehead atoms. The van der Waals surface area contributed by atoms with Crippen LogP contribution < -0.4 is 15.4 Å². The number of benzene rings is 2. The van der Waals surface area contributed by atoms with Gasteiger partial charge in [-0.3, -0.25) is 9.59 Å². The van der Waals surface area contributed by atoms with Crippen molar-refractivity contribution in [3.05, 3.63) is 65.0 Å². The Hall–Kier alpha value is -3.32. The molecule has 2 heterocycles. The molecule has 7 nitrogen and oxygen atoms in total. The Kier molecular flexibility index (Phi) is 3.62. The van der Waals surface area contributed by atoms with E-state index in [1.807, 2.05) is 0 Å². The van der Waals surface area contributed by atoms with Crippen molar-refractivity contribution in [1.29, 1.82) is 0 Å². The molecule has 2 aromatic carbocycles. The van der Waals surface area contributed by atoms with Gasteiger partial charge in [0.05, 0.1) is 17.4 Å². The van der Waals surface area contributed by atoms with Crippen molar-refractivity contribution in [2.24, 2.45) is 0 Å². The fourth-order valence-corrected chi connectivity index (χ4v) is 2.57. The van der Waals surface area contributed by atoms with Crippen LogP contribution in [0.5, 0.6) is 11.5 Å². The minimum absolute atomic E-state index is 0.0673. The van der Waals surface area contributed by atoms with Crippen LogP contribution in [-0.4, -0.2) is 17.0 Å². The van der Waals surface area contributed by atoms with Gasteiger partial charge in [-0.1, -0.05) is 16.8 Å². The first-order valence-corrected chi connectivity index (χ1v) is 7.63. The minimum Gasteiger partial charge on any atom is -0.454 e. The van der Waals surface area contributed by atoms with Crippen LogP contribution in [0.2, 0.25) is 5.02 Å². The summed E-state index contributed by atoms with van der Waals surface area (Å²) in [6.45, 7) is 0. The third-order valence-electron chi connectivity index (χ3n) is 3.55. The predicted octanol–water partition coefficient (Wildman–Crippen LogP) is 3.94. The molecule has 2 amide bonds. The second kappa shape index (κ2) is 5.95. The minimum atomic E-state index is -0.470. The van der Waals surface area contributed by atoms with E-state index in [4.69, 9.17) is 20.9 Å². The van der Waals surface area contributed by atoms with Gasteiger partial charge in [0.2, 0.25) is 5.76 Å². The van der Waals surface area contributed by atoms with Gasteiger partial charge in [-0.05, 0) is 36.4 Å². The highest BCUT2D eigenvalue weighted by molar-refractivity contribution is 6.31. The van der Waals surface area contributed by atoms with Crippen LogP contribution in [-0.2, 0) is 0 Å². The van der Waals surface area contributed by atoms with Crippen molar-refractivity contribution in [2.75, 3.05) is 10.6 Å². The normalized spacial score (nSPS) is 12.3. The summed E-state index contributed by atoms with van der Waals surface area (Å²) in [7, 11) is 0. The standard InChI is InChI=1S/C17H10ClN3O4/c18-9-1-3-14-12(7-9)21-16(22)11-8-10(2-4-13(11)24-14)20-17(23)15-5-6-19-25-15/h1-8H,(H,20,23)(H,21,22). The monoisotopic (exact) mass is 355 g/mol. The number of halogens is 1. The van der Waals surface area contributed by atoms with E-state index in [1.54, 1.807) is 30.3 Å². The summed E-state index contributed by atoms with van der Waals surface area (Å²) in [4.78, 5) is 24.5. The number of carbonyl (C=O) groups excluding carboxylic acids is 2. The molecule has 1 aromatic heterocycles. The molecular weight excluding hydrogens is 346 g/mol. The van der Waals surface area contributed by atoms with Crippen LogP contribution >= 0.6 is 11.6 Å². The Labute approximate surface area is 146 Å². The first-order chi connectivity index (χ1) is 12.1. The fraction of sp³-hybridized carbons (Fsp3) is 0. The smallest absolute Gasteiger partial charge is 0.294 e. The molecule has 25 heavy (non-hydrogen) atoms. The number of hydrogen-bond donors (Lipinski definition) is 2. The molecule has 0 spiro atoms. The number of aromatic nitrogens is 1. The molecule has 8 heteroatoms. The number of nitrogens with zero attached hydrogens (tertiary/aromatic N) is 1. The molecule has 0 atom stereocenters. The van der Waals surface area contributed by atoms with Crippen molar-refractivity contribution < 1.29 is 18.8 Å². The summed E-state index contributed by atoms with van der Waals surface area (Å²) in [6, 6.07) is 11.1. The second-order valence-corrected chi connectivity index (χ2v) is 5.67. The van der Waals surface area contributed by atoms with Crippen LogP contribution in [0, 0.1) is 0 Å². The summed E-state index contributed by atoms with van der Waals surface area (Å²) in [5.74, 6) is 0.0816. The Balaban J connectivity index is 1.65. The Bertz CT molecular complexity index is 986. The Morgan fingerprint density at radius 1 is 1.12 bits per heavy atom. The topological polar surface area (TPSA) is 93.5 Å². The highest BCUT2D eigenvalue weighted by Crippen LogP contribution is 2.37. The molecule has 0 radical (unpaired) electrons. The number of rotatable bonds is 2. The first kappa shape index (κ1) is 15.2. The fourth-order valence-electron chi connectivity index (χ4n) is 2.40. The van der Waals surface area contributed by atoms with E-state index in [0.717, 1.165) is 0 Å². The number of hydrogen-bond acceptors (Lipinski definition) is 5. The van der Waals surface area contributed by atoms with E-state index in [0.29, 0.717) is 27.9 Å². The lowest BCUT2D eigenvalue weighted by atomic mass is 10.1. The molecule has 0 aliphatic carbocycles. The number of nitrogens with one attached hydrogen (secondary N) is 2. The van der Waals surface area contributed by atoms with Gasteiger partial charge in [0.25, 0.3) is 11.8 Å². The molecule has 1 aliphatic heterocycles. The van der Waals surface area contributed by atoms with E-state index in [2.05, 4.69) is 15.8 Å². The average molecular weight is 356 g/mol. The van der Waals surface area contributed by atoms with Crippen molar-refractivity contribution >= 4 is 34.8 Å². The van der Waals surface area contributed by atoms with Gasteiger partial charge < -0.3 is 19.9 Å². The molecular formula is C17H10ClN3O4. The lowest BCUT2D eigenvalue weighted by Gasteiger charge is -2.09. The van der Waals surface area contributed by atoms with Crippen LogP contribution in [0.15, 0.2) is 53.2 Å². The van der Waals surface area contributed by atoms with Gasteiger partial charge in [0.1, 0.15) is 5.75 Å². The van der Waals surface area contributed by atoms with Gasteiger partial charge in [-0.25, -0.2) is 0 Å². The van der Waals surface area contributed by atoms with Crippen molar-refractivity contribution in [1.82, 2.24) is 5.16 Å². The van der Waals surface area contributed by atoms with E-state index in [1.165, 1.54) is 18.3 Å². The van der Waals surface area contributed by atoms with E-state index < -0.39 is 5.91 Å². The second-order valence-electron chi connectivity index (χ2n) is 5.24. The molecule has 0 saturated heterocycles. The molecule has 2 N–H and O–H groups in total. The molecule has 3 aromatic rings. The molecule has 4 rings (SSSR count). The maximum atomic E-state index is 12.5. The van der Waals surface area contributed by atoms with Crippen LogP contribution in [0.3, 0.4) is 0 Å². The predicted molar refractivity (Wildman–Crippen MR) is 90.4 cm³/mol. The summed E-state index contributed by atoms with van der Waals surface area (Å²) in [5, 5.41) is 9.33. The van der Waals surface area contributed by atoms with Crippen LogP contribution in [0.1, 0.15) is 20.9 Å². The summed E-state index contributed by atoms with van der Waals surface area (Å²) < 4.78 is 10.6. The van der Waals surface area contributed by atoms with Gasteiger partial charge in [0.15, 0.2) is 5.75 Å². The Morgan fingerprint density at radius 3 is 2.76 bits per heavy atom. The maximum Gasteiger partial charge on any atom is 0.294 e. The SMILES string of the molecule is O=C(Nc1ccc2c(c1)C(=O)Nc1cc(Cl)ccc1O2)c1ccno1. The average Bonchev–Trinajstić information content (AvgIpc) is 3.09. The number of amides is 2. The van der Waals surface area contributed by atoms with E-state index >= 15 is 0 Å². The van der Waals surface area contributed by atoms with Gasteiger partial charge >= 0.3 is 0 Å². The summed E-state index contributed by atoms with van der Waals surface area (Å²) in [6.07, 6.45) is 1.37. The van der Waals surface area contributed by atoms with Gasteiger partial charge in [-0.2, -0.15) is 0 Å². The third-order valence-corrected chi connectivity index (χ3v) is 3.79. The third kappa shape index (κ3) is 2.92. The molecule has 1 aliphatic rings. The van der Waals surface area contributed by atoms with Crippen LogP contribution in [0.25, 0.3) is 0 Å². The van der Waals surface area contributed by atoms with Crippen LogP contribution in [0.4, 0.5) is 11.4 Å². The molecule has 0 saturated carbocycles. The van der Waals surface area contributed by atoms with Crippen molar-refractivity contribution in [3.63, 3.8) is 0 Å². The largest absolute Gasteiger partial charge is 0.454 e. The van der Waals surface area contributed by atoms with Gasteiger partial charge in [0, 0.05) is 16.8 Å². The zero-order valence-corrected chi connectivity index (χ0v) is 13.3. The van der Waals surface area contributed by atoms with Crippen molar-refractivity contribution in [3.8, 4) is 11.5 Å². The molecule has 0 unspecified atom stereocenters. The number of ether oxygens (including phenoxy) is 1.